The van der Waals surface area contributed by atoms with Gasteiger partial charge in [-0.1, -0.05) is 0 Å². The average molecular weight is 501 g/mol. The molecular formula is C25H32N4O7. The Balaban J connectivity index is 1.49. The van der Waals surface area contributed by atoms with Gasteiger partial charge in [0.15, 0.2) is 0 Å². The number of carbonyl (C=O) groups excluding carboxylic acids is 2. The Kier molecular flexibility index (Phi) is 7.32. The number of nitrogens with one attached hydrogen (secondary N) is 1. The predicted molar refractivity (Wildman–Crippen MR) is 130 cm³/mol. The number of aliphatic hydroxyl groups excluding tert-OH is 1. The molecule has 3 heterocycles. The van der Waals surface area contributed by atoms with Crippen LogP contribution in [0, 0.1) is 6.92 Å². The second-order valence-electron chi connectivity index (χ2n) is 9.78. The number of β-amino-alcohol motifs (C(OH)–C–C–N with tert-alkyl or cyclic N) is 1. The van der Waals surface area contributed by atoms with E-state index in [-0.39, 0.29) is 36.9 Å². The van der Waals surface area contributed by atoms with Gasteiger partial charge in [-0.05, 0) is 44.5 Å². The number of aliphatic hydroxyl groups is 2. The minimum absolute atomic E-state index is 0.0231. The summed E-state index contributed by atoms with van der Waals surface area (Å²) in [5, 5.41) is 21.6. The summed E-state index contributed by atoms with van der Waals surface area (Å²) in [7, 11) is 0. The van der Waals surface area contributed by atoms with Gasteiger partial charge in [0.1, 0.15) is 12.4 Å². The summed E-state index contributed by atoms with van der Waals surface area (Å²) in [4.78, 5) is 54.8. The molecule has 0 spiro atoms. The fourth-order valence-corrected chi connectivity index (χ4v) is 4.87. The molecular weight excluding hydrogens is 468 g/mol. The highest BCUT2D eigenvalue weighted by Crippen LogP contribution is 2.31. The number of hydrogen-bond donors (Lipinski definition) is 3. The van der Waals surface area contributed by atoms with Gasteiger partial charge in [0.25, 0.3) is 11.5 Å². The van der Waals surface area contributed by atoms with E-state index in [1.165, 1.54) is 22.6 Å². The lowest BCUT2D eigenvalue weighted by Gasteiger charge is -2.34. The van der Waals surface area contributed by atoms with Gasteiger partial charge in [0, 0.05) is 49.8 Å². The van der Waals surface area contributed by atoms with E-state index in [1.54, 1.807) is 36.1 Å². The second-order valence-corrected chi connectivity index (χ2v) is 9.78. The Morgan fingerprint density at radius 1 is 1.19 bits per heavy atom. The molecule has 3 atom stereocenters. The number of benzene rings is 1. The Labute approximate surface area is 207 Å². The molecule has 1 aromatic heterocycles. The van der Waals surface area contributed by atoms with Gasteiger partial charge >= 0.3 is 5.69 Å². The molecule has 11 nitrogen and oxygen atoms in total. The Morgan fingerprint density at radius 2 is 1.92 bits per heavy atom. The summed E-state index contributed by atoms with van der Waals surface area (Å²) in [6.07, 6.45) is 1.74. The highest BCUT2D eigenvalue weighted by atomic mass is 16.5. The zero-order valence-electron chi connectivity index (χ0n) is 20.5. The van der Waals surface area contributed by atoms with Crippen molar-refractivity contribution >= 4 is 11.8 Å². The smallest absolute Gasteiger partial charge is 0.328 e. The first kappa shape index (κ1) is 25.6. The van der Waals surface area contributed by atoms with Gasteiger partial charge in [-0.15, -0.1) is 0 Å². The topological polar surface area (TPSA) is 145 Å². The summed E-state index contributed by atoms with van der Waals surface area (Å²) in [6, 6.07) is 5.66. The number of rotatable bonds is 6. The largest absolute Gasteiger partial charge is 0.492 e. The molecule has 0 bridgehead atoms. The van der Waals surface area contributed by atoms with Crippen molar-refractivity contribution in [2.24, 2.45) is 0 Å². The van der Waals surface area contributed by atoms with Gasteiger partial charge in [-0.3, -0.25) is 23.9 Å². The average Bonchev–Trinajstić information content (AvgIpc) is 3.18. The molecule has 2 saturated heterocycles. The molecule has 194 valence electrons. The zero-order valence-corrected chi connectivity index (χ0v) is 20.5. The van der Waals surface area contributed by atoms with Crippen molar-refractivity contribution in [2.45, 2.75) is 50.9 Å². The molecule has 2 aliphatic heterocycles. The molecule has 2 aliphatic rings. The number of H-pyrrole nitrogens is 1. The van der Waals surface area contributed by atoms with Crippen LogP contribution in [0.5, 0.6) is 5.75 Å². The van der Waals surface area contributed by atoms with Crippen molar-refractivity contribution in [1.82, 2.24) is 19.4 Å². The molecule has 4 rings (SSSR count). The highest BCUT2D eigenvalue weighted by Gasteiger charge is 2.42. The van der Waals surface area contributed by atoms with Crippen molar-refractivity contribution in [2.75, 3.05) is 32.8 Å². The number of aromatic amines is 1. The Bertz CT molecular complexity index is 1230. The van der Waals surface area contributed by atoms with Crippen LogP contribution in [0.4, 0.5) is 0 Å². The van der Waals surface area contributed by atoms with E-state index in [1.807, 2.05) is 0 Å². The van der Waals surface area contributed by atoms with E-state index >= 15 is 0 Å². The minimum atomic E-state index is -1.52. The Hall–Kier alpha value is -3.44. The van der Waals surface area contributed by atoms with Gasteiger partial charge < -0.3 is 24.7 Å². The highest BCUT2D eigenvalue weighted by molar-refractivity contribution is 5.94. The van der Waals surface area contributed by atoms with Crippen LogP contribution in [0.15, 0.2) is 40.1 Å². The van der Waals surface area contributed by atoms with E-state index in [0.717, 1.165) is 13.0 Å². The van der Waals surface area contributed by atoms with Gasteiger partial charge in [-0.25, -0.2) is 4.79 Å². The number of hydrogen-bond acceptors (Lipinski definition) is 7. The lowest BCUT2D eigenvalue weighted by Crippen LogP contribution is -2.47. The summed E-state index contributed by atoms with van der Waals surface area (Å²) < 4.78 is 6.93. The van der Waals surface area contributed by atoms with E-state index < -0.39 is 29.0 Å². The molecule has 2 aromatic rings. The number of likely N-dealkylation sites (tertiary alicyclic amines) is 2. The predicted octanol–water partition coefficient (Wildman–Crippen LogP) is 0.0453. The van der Waals surface area contributed by atoms with E-state index in [0.29, 0.717) is 30.9 Å². The van der Waals surface area contributed by atoms with Gasteiger partial charge in [0.2, 0.25) is 5.91 Å². The maximum atomic E-state index is 13.3. The first-order valence-corrected chi connectivity index (χ1v) is 12.1. The number of ether oxygens (including phenoxy) is 1. The van der Waals surface area contributed by atoms with Crippen LogP contribution in [-0.4, -0.2) is 85.9 Å². The number of aromatic nitrogens is 2. The maximum Gasteiger partial charge on any atom is 0.328 e. The molecule has 1 aromatic carbocycles. The molecule has 11 heteroatoms. The Morgan fingerprint density at radius 3 is 2.58 bits per heavy atom. The minimum Gasteiger partial charge on any atom is -0.492 e. The fourth-order valence-electron chi connectivity index (χ4n) is 4.87. The lowest BCUT2D eigenvalue weighted by molar-refractivity contribution is -0.128. The van der Waals surface area contributed by atoms with Crippen LogP contribution in [0.2, 0.25) is 0 Å². The van der Waals surface area contributed by atoms with Crippen molar-refractivity contribution in [3.8, 4) is 5.75 Å². The molecule has 0 radical (unpaired) electrons. The number of aryl methyl sites for hydroxylation is 1. The lowest BCUT2D eigenvalue weighted by atomic mass is 9.91. The monoisotopic (exact) mass is 500 g/mol. The van der Waals surface area contributed by atoms with Crippen LogP contribution in [-0.2, 0) is 4.79 Å². The van der Waals surface area contributed by atoms with Gasteiger partial charge in [-0.2, -0.15) is 0 Å². The molecule has 3 N–H and O–H groups in total. The number of amides is 2. The standard InChI is InChI=1S/C25H32N4O7/c1-16-13-29(24(34)26-22(16)32)20-15-28(14-18(30)12-25(20,2)35)23(33)17-5-7-19(8-6-17)36-11-10-27-9-3-4-21(27)31/h5-8,13,18,20,30,35H,3-4,9-12,14-15H2,1-2H3,(H,26,32,34)/t18-,20+,25+/m1/s1. The van der Waals surface area contributed by atoms with Crippen molar-refractivity contribution < 1.29 is 24.5 Å². The summed E-state index contributed by atoms with van der Waals surface area (Å²) >= 11 is 0. The molecule has 2 fully saturated rings. The maximum absolute atomic E-state index is 13.3. The summed E-state index contributed by atoms with van der Waals surface area (Å²) in [5.74, 6) is 0.320. The van der Waals surface area contributed by atoms with Crippen molar-refractivity contribution in [3.05, 3.63) is 62.4 Å². The first-order chi connectivity index (χ1) is 17.0. The van der Waals surface area contributed by atoms with Crippen LogP contribution in [0.25, 0.3) is 0 Å². The fraction of sp³-hybridized carbons (Fsp3) is 0.520. The number of carbonyl (C=O) groups is 2. The van der Waals surface area contributed by atoms with Crippen LogP contribution >= 0.6 is 0 Å². The third-order valence-electron chi connectivity index (χ3n) is 6.86. The third kappa shape index (κ3) is 5.52. The summed E-state index contributed by atoms with van der Waals surface area (Å²) in [6.45, 7) is 4.59. The van der Waals surface area contributed by atoms with E-state index in [9.17, 15) is 29.4 Å². The summed E-state index contributed by atoms with van der Waals surface area (Å²) in [5.41, 5.74) is -2.09. The van der Waals surface area contributed by atoms with Crippen LogP contribution < -0.4 is 16.0 Å². The zero-order chi connectivity index (χ0) is 26.0. The normalized spacial score (nSPS) is 24.6. The molecule has 2 amide bonds. The first-order valence-electron chi connectivity index (χ1n) is 12.1. The van der Waals surface area contributed by atoms with Crippen LogP contribution in [0.3, 0.4) is 0 Å². The van der Waals surface area contributed by atoms with Crippen LogP contribution in [0.1, 0.15) is 48.1 Å². The van der Waals surface area contributed by atoms with Crippen molar-refractivity contribution in [3.63, 3.8) is 0 Å². The number of nitrogens with zero attached hydrogens (tertiary/aromatic N) is 3. The molecule has 0 unspecified atom stereocenters. The SMILES string of the molecule is Cc1cn([C@H]2CN(C(=O)c3ccc(OCCN4CCCC4=O)cc3)C[C@H](O)C[C@]2(C)O)c(=O)[nH]c1=O. The van der Waals surface area contributed by atoms with Gasteiger partial charge in [0.05, 0.1) is 24.3 Å². The molecule has 0 aliphatic carbocycles. The van der Waals surface area contributed by atoms with E-state index in [2.05, 4.69) is 4.98 Å². The van der Waals surface area contributed by atoms with Crippen molar-refractivity contribution in [1.29, 1.82) is 0 Å². The molecule has 0 saturated carbocycles. The third-order valence-corrected chi connectivity index (χ3v) is 6.86. The second kappa shape index (κ2) is 10.3. The molecule has 36 heavy (non-hydrogen) atoms. The quantitative estimate of drug-likeness (QED) is 0.508. The van der Waals surface area contributed by atoms with E-state index in [4.69, 9.17) is 4.74 Å².